The molecule has 0 radical (unpaired) electrons. The Hall–Kier alpha value is -6.92. The Morgan fingerprint density at radius 3 is 1.59 bits per heavy atom. The number of aromatic amines is 2. The van der Waals surface area contributed by atoms with Crippen LogP contribution in [0.5, 0.6) is 0 Å². The molecule has 3 aliphatic rings. The Morgan fingerprint density at radius 1 is 0.657 bits per heavy atom. The number of carbonyl (C=O) groups is 5. The number of ether oxygens (including phenoxy) is 3. The third-order valence-corrected chi connectivity index (χ3v) is 13.8. The number of amides is 5. The van der Waals surface area contributed by atoms with Crippen molar-refractivity contribution in [1.29, 1.82) is 0 Å². The summed E-state index contributed by atoms with van der Waals surface area (Å²) in [6.45, 7) is 13.2. The molecule has 3 aromatic heterocycles. The molecule has 5 aromatic rings. The topological polar surface area (TPSA) is 229 Å². The number of pyridine rings is 1. The zero-order valence-electron chi connectivity index (χ0n) is 41.4. The van der Waals surface area contributed by atoms with Crippen molar-refractivity contribution in [2.45, 2.75) is 123 Å². The summed E-state index contributed by atoms with van der Waals surface area (Å²) in [4.78, 5) is 92.6. The molecule has 5 N–H and O–H groups in total. The average Bonchev–Trinajstić information content (AvgIpc) is 4.21. The first kappa shape index (κ1) is 49.5. The summed E-state index contributed by atoms with van der Waals surface area (Å²) in [5, 5.41) is 8.26. The number of likely N-dealkylation sites (tertiary alicyclic amines) is 2. The number of nitrogens with zero attached hydrogens (tertiary/aromatic N) is 6. The first-order valence-corrected chi connectivity index (χ1v) is 24.6. The van der Waals surface area contributed by atoms with Crippen LogP contribution in [-0.2, 0) is 30.3 Å². The highest BCUT2D eigenvalue weighted by Gasteiger charge is 2.40. The Kier molecular flexibility index (Phi) is 15.1. The second-order valence-corrected chi connectivity index (χ2v) is 19.8. The number of hydrogen-bond acceptors (Lipinski definition) is 12. The van der Waals surface area contributed by atoms with Gasteiger partial charge in [0.25, 0.3) is 0 Å². The summed E-state index contributed by atoms with van der Waals surface area (Å²) in [6, 6.07) is 14.5. The molecular formula is C51H67N11O8. The van der Waals surface area contributed by atoms with E-state index in [4.69, 9.17) is 29.2 Å². The molecule has 0 spiro atoms. The Labute approximate surface area is 408 Å². The van der Waals surface area contributed by atoms with Crippen LogP contribution in [0.25, 0.3) is 22.1 Å². The van der Waals surface area contributed by atoms with E-state index >= 15 is 0 Å². The highest BCUT2D eigenvalue weighted by molar-refractivity contribution is 5.87. The van der Waals surface area contributed by atoms with Crippen molar-refractivity contribution >= 4 is 57.8 Å². The number of carbonyl (C=O) groups excluding carboxylic acids is 5. The smallest absolute Gasteiger partial charge is 0.407 e. The molecular weight excluding hydrogens is 895 g/mol. The van der Waals surface area contributed by atoms with Crippen molar-refractivity contribution in [2.24, 2.45) is 17.8 Å². The van der Waals surface area contributed by atoms with Crippen LogP contribution in [0.15, 0.2) is 54.7 Å². The van der Waals surface area contributed by atoms with Crippen LogP contribution in [-0.4, -0.2) is 111 Å². The molecule has 374 valence electrons. The summed E-state index contributed by atoms with van der Waals surface area (Å²) in [6.07, 6.45) is 4.85. The molecule has 8 rings (SSSR count). The monoisotopic (exact) mass is 962 g/mol. The van der Waals surface area contributed by atoms with Gasteiger partial charge in [0.2, 0.25) is 11.8 Å². The fraction of sp³-hybridized carbons (Fsp3) is 0.529. The van der Waals surface area contributed by atoms with Crippen molar-refractivity contribution in [2.75, 3.05) is 38.8 Å². The van der Waals surface area contributed by atoms with Gasteiger partial charge in [-0.05, 0) is 104 Å². The summed E-state index contributed by atoms with van der Waals surface area (Å²) >= 11 is 0. The fourth-order valence-electron chi connectivity index (χ4n) is 10.2. The lowest BCUT2D eigenvalue weighted by molar-refractivity contribution is -0.136. The molecule has 19 nitrogen and oxygen atoms in total. The van der Waals surface area contributed by atoms with Gasteiger partial charge in [-0.3, -0.25) is 14.6 Å². The number of nitrogens with one attached hydrogen (secondary N) is 5. The van der Waals surface area contributed by atoms with Crippen LogP contribution in [0.4, 0.5) is 20.1 Å². The average molecular weight is 962 g/mol. The molecule has 70 heavy (non-hydrogen) atoms. The van der Waals surface area contributed by atoms with E-state index in [0.29, 0.717) is 37.0 Å². The second kappa shape index (κ2) is 21.4. The SMILES string of the molecule is COC(=O)N[C@H](C(=O)N1CCC[C@H]1c1nc2ccc([C@H]3CC[C@H](c4ccc5nc([C@@H]6CCCN6C(=O)[C@@H](NC(=O)OC)C(C)C)[nH]c5c4)N3c3ccc(CNC(=O)OCC(C)C)nc3)cc2[nH]1)C(C)C. The van der Waals surface area contributed by atoms with Gasteiger partial charge in [0.15, 0.2) is 0 Å². The van der Waals surface area contributed by atoms with Gasteiger partial charge in [-0.15, -0.1) is 0 Å². The van der Waals surface area contributed by atoms with Crippen LogP contribution in [0.2, 0.25) is 0 Å². The minimum atomic E-state index is -0.735. The number of aromatic nitrogens is 5. The third-order valence-electron chi connectivity index (χ3n) is 13.8. The van der Waals surface area contributed by atoms with Crippen LogP contribution in [0, 0.1) is 17.8 Å². The third kappa shape index (κ3) is 10.6. The summed E-state index contributed by atoms with van der Waals surface area (Å²) < 4.78 is 15.0. The van der Waals surface area contributed by atoms with Crippen molar-refractivity contribution in [1.82, 2.24) is 50.7 Å². The summed E-state index contributed by atoms with van der Waals surface area (Å²) in [5.41, 5.74) is 7.08. The van der Waals surface area contributed by atoms with E-state index in [1.807, 2.05) is 81.8 Å². The molecule has 3 aliphatic heterocycles. The Morgan fingerprint density at radius 2 is 1.16 bits per heavy atom. The molecule has 19 heteroatoms. The minimum absolute atomic E-state index is 0.0581. The van der Waals surface area contributed by atoms with E-state index in [2.05, 4.69) is 55.1 Å². The molecule has 3 saturated heterocycles. The van der Waals surface area contributed by atoms with Crippen molar-refractivity contribution in [3.63, 3.8) is 0 Å². The number of fused-ring (bicyclic) bond motifs is 2. The first-order valence-electron chi connectivity index (χ1n) is 24.6. The quantitative estimate of drug-likeness (QED) is 0.0631. The van der Waals surface area contributed by atoms with E-state index in [9.17, 15) is 24.0 Å². The zero-order valence-corrected chi connectivity index (χ0v) is 41.4. The maximum Gasteiger partial charge on any atom is 0.407 e. The van der Waals surface area contributed by atoms with E-state index in [1.165, 1.54) is 14.2 Å². The number of hydrogen-bond donors (Lipinski definition) is 5. The fourth-order valence-corrected chi connectivity index (χ4v) is 10.2. The Balaban J connectivity index is 1.08. The number of methoxy groups -OCH3 is 2. The van der Waals surface area contributed by atoms with Gasteiger partial charge in [-0.2, -0.15) is 0 Å². The first-order chi connectivity index (χ1) is 33.6. The van der Waals surface area contributed by atoms with Crippen molar-refractivity contribution in [3.8, 4) is 0 Å². The molecule has 6 heterocycles. The molecule has 0 unspecified atom stereocenters. The summed E-state index contributed by atoms with van der Waals surface area (Å²) in [7, 11) is 2.58. The number of imidazole rings is 2. The van der Waals surface area contributed by atoms with Gasteiger partial charge in [0, 0.05) is 13.1 Å². The van der Waals surface area contributed by atoms with E-state index < -0.39 is 30.4 Å². The van der Waals surface area contributed by atoms with Crippen LogP contribution in [0.1, 0.15) is 133 Å². The molecule has 2 aromatic carbocycles. The number of rotatable bonds is 15. The van der Waals surface area contributed by atoms with Crippen LogP contribution >= 0.6 is 0 Å². The van der Waals surface area contributed by atoms with Gasteiger partial charge in [-0.1, -0.05) is 53.7 Å². The molecule has 0 aliphatic carbocycles. The van der Waals surface area contributed by atoms with Crippen LogP contribution < -0.4 is 20.9 Å². The largest absolute Gasteiger partial charge is 0.453 e. The maximum absolute atomic E-state index is 13.9. The van der Waals surface area contributed by atoms with Gasteiger partial charge in [0.1, 0.15) is 23.7 Å². The highest BCUT2D eigenvalue weighted by atomic mass is 16.6. The number of anilines is 1. The van der Waals surface area contributed by atoms with Crippen molar-refractivity contribution in [3.05, 3.63) is 83.2 Å². The predicted octanol–water partition coefficient (Wildman–Crippen LogP) is 7.89. The van der Waals surface area contributed by atoms with Crippen LogP contribution in [0.3, 0.4) is 0 Å². The number of alkyl carbamates (subject to hydrolysis) is 3. The highest BCUT2D eigenvalue weighted by Crippen LogP contribution is 2.48. The molecule has 0 bridgehead atoms. The lowest BCUT2D eigenvalue weighted by atomic mass is 10.0. The maximum atomic E-state index is 13.9. The standard InChI is InChI=1S/C51H67N11O8/c1-28(2)27-70-49(65)53-25-33-15-16-34(26-52-33)62-39(31-13-17-35-37(23-31)56-45(54-35)41-11-9-21-60(41)47(63)43(29(3)4)58-50(66)68-7)19-20-40(62)32-14-18-36-38(24-32)57-46(55-36)42-12-10-22-61(42)48(64)44(30(5)6)59-51(67)69-8/h13-18,23-24,26,28-30,39-44H,9-12,19-22,25,27H2,1-8H3,(H,53,65)(H,54,56)(H,55,57)(H,58,66)(H,59,67)/t39-,40-,41+,42+,43+,44+/m1/s1. The van der Waals surface area contributed by atoms with E-state index in [-0.39, 0.29) is 60.3 Å². The normalized spacial score (nSPS) is 20.1. The lowest BCUT2D eigenvalue weighted by Gasteiger charge is -2.33. The predicted molar refractivity (Wildman–Crippen MR) is 262 cm³/mol. The number of H-pyrrole nitrogens is 2. The zero-order chi connectivity index (χ0) is 49.8. The molecule has 5 amide bonds. The minimum Gasteiger partial charge on any atom is -0.453 e. The van der Waals surface area contributed by atoms with E-state index in [0.717, 1.165) is 77.4 Å². The molecule has 6 atom stereocenters. The van der Waals surface area contributed by atoms with Gasteiger partial charge >= 0.3 is 18.3 Å². The lowest BCUT2D eigenvalue weighted by Crippen LogP contribution is -2.51. The molecule has 3 fully saturated rings. The van der Waals surface area contributed by atoms with Gasteiger partial charge in [0.05, 0.1) is 91.2 Å². The van der Waals surface area contributed by atoms with Crippen molar-refractivity contribution < 1.29 is 38.2 Å². The van der Waals surface area contributed by atoms with Gasteiger partial charge in [-0.25, -0.2) is 24.4 Å². The molecule has 0 saturated carbocycles. The van der Waals surface area contributed by atoms with E-state index in [1.54, 1.807) is 0 Å². The van der Waals surface area contributed by atoms with Gasteiger partial charge < -0.3 is 54.8 Å². The second-order valence-electron chi connectivity index (χ2n) is 19.8. The number of benzene rings is 2. The Bertz CT molecular complexity index is 2540. The summed E-state index contributed by atoms with van der Waals surface area (Å²) in [5.74, 6) is 1.01.